The van der Waals surface area contributed by atoms with Gasteiger partial charge in [-0.15, -0.1) is 0 Å². The minimum Gasteiger partial charge on any atom is -0.330 e. The van der Waals surface area contributed by atoms with Crippen LogP contribution < -0.4 is 10.2 Å². The van der Waals surface area contributed by atoms with Crippen LogP contribution in [0.25, 0.3) is 0 Å². The second-order valence-corrected chi connectivity index (χ2v) is 11.5. The number of likely N-dealkylation sites (tertiary alicyclic amines) is 1. The number of aryl methyl sites for hydroxylation is 1. The predicted octanol–water partition coefficient (Wildman–Crippen LogP) is 4.27. The van der Waals surface area contributed by atoms with Crippen LogP contribution in [-0.4, -0.2) is 41.8 Å². The van der Waals surface area contributed by atoms with E-state index in [0.29, 0.717) is 13.0 Å². The van der Waals surface area contributed by atoms with Crippen LogP contribution in [-0.2, 0) is 14.4 Å². The summed E-state index contributed by atoms with van der Waals surface area (Å²) in [7, 11) is 0. The minimum atomic E-state index is -0.370. The lowest BCUT2D eigenvalue weighted by molar-refractivity contribution is -0.160. The molecule has 1 N–H and O–H groups in total. The summed E-state index contributed by atoms with van der Waals surface area (Å²) in [6.07, 6.45) is 10.2. The van der Waals surface area contributed by atoms with Gasteiger partial charge in [0.25, 0.3) is 0 Å². The van der Waals surface area contributed by atoms with E-state index in [2.05, 4.69) is 5.32 Å². The summed E-state index contributed by atoms with van der Waals surface area (Å²) in [5.41, 5.74) is 2.45. The number of rotatable bonds is 4. The fourth-order valence-electron chi connectivity index (χ4n) is 8.12. The first-order valence-electron chi connectivity index (χ1n) is 12.9. The maximum atomic E-state index is 13.9. The monoisotopic (exact) mass is 449 g/mol. The quantitative estimate of drug-likeness (QED) is 0.746. The van der Waals surface area contributed by atoms with Crippen molar-refractivity contribution in [2.45, 2.75) is 77.2 Å². The number of anilines is 2. The highest BCUT2D eigenvalue weighted by molar-refractivity contribution is 5.99. The van der Waals surface area contributed by atoms with Gasteiger partial charge in [-0.2, -0.15) is 0 Å². The third kappa shape index (κ3) is 3.57. The molecule has 0 unspecified atom stereocenters. The molecule has 0 radical (unpaired) electrons. The topological polar surface area (TPSA) is 69.7 Å². The fourth-order valence-corrected chi connectivity index (χ4v) is 8.12. The number of hydrogen-bond acceptors (Lipinski definition) is 3. The Morgan fingerprint density at radius 2 is 1.70 bits per heavy atom. The average Bonchev–Trinajstić information content (AvgIpc) is 3.42. The molecule has 1 aromatic carbocycles. The second kappa shape index (κ2) is 7.85. The Kier molecular flexibility index (Phi) is 5.04. The van der Waals surface area contributed by atoms with Crippen LogP contribution in [0, 0.1) is 30.1 Å². The van der Waals surface area contributed by atoms with E-state index >= 15 is 0 Å². The lowest BCUT2D eigenvalue weighted by Gasteiger charge is -2.56. The Hall–Kier alpha value is -2.37. The summed E-state index contributed by atoms with van der Waals surface area (Å²) < 4.78 is 0. The lowest BCUT2D eigenvalue weighted by atomic mass is 9.49. The predicted molar refractivity (Wildman–Crippen MR) is 127 cm³/mol. The number of carbonyl (C=O) groups is 3. The van der Waals surface area contributed by atoms with E-state index in [1.54, 1.807) is 0 Å². The van der Waals surface area contributed by atoms with Gasteiger partial charge in [-0.25, -0.2) is 0 Å². The van der Waals surface area contributed by atoms with Crippen molar-refractivity contribution in [2.75, 3.05) is 23.3 Å². The van der Waals surface area contributed by atoms with Crippen LogP contribution in [0.2, 0.25) is 0 Å². The Balaban J connectivity index is 1.16. The highest BCUT2D eigenvalue weighted by Crippen LogP contribution is 2.60. The number of hydrogen-bond donors (Lipinski definition) is 1. The van der Waals surface area contributed by atoms with Gasteiger partial charge in [-0.05, 0) is 106 Å². The Morgan fingerprint density at radius 1 is 1.00 bits per heavy atom. The minimum absolute atomic E-state index is 0.0741. The summed E-state index contributed by atoms with van der Waals surface area (Å²) in [4.78, 5) is 43.0. The Morgan fingerprint density at radius 3 is 2.30 bits per heavy atom. The smallest absolute Gasteiger partial charge is 0.247 e. The maximum Gasteiger partial charge on any atom is 0.247 e. The zero-order valence-electron chi connectivity index (χ0n) is 19.6. The molecule has 4 bridgehead atoms. The molecular weight excluding hydrogens is 414 g/mol. The number of benzene rings is 1. The van der Waals surface area contributed by atoms with Crippen molar-refractivity contribution in [1.29, 1.82) is 0 Å². The van der Waals surface area contributed by atoms with Gasteiger partial charge in [0.15, 0.2) is 0 Å². The van der Waals surface area contributed by atoms with Crippen LogP contribution in [0.5, 0.6) is 0 Å². The molecule has 6 nitrogen and oxygen atoms in total. The number of nitrogens with one attached hydrogen (secondary N) is 1. The number of amides is 3. The van der Waals surface area contributed by atoms with E-state index in [0.717, 1.165) is 79.8 Å². The molecule has 176 valence electrons. The summed E-state index contributed by atoms with van der Waals surface area (Å²) >= 11 is 0. The van der Waals surface area contributed by atoms with Gasteiger partial charge in [-0.3, -0.25) is 14.4 Å². The first-order chi connectivity index (χ1) is 15.9. The number of carbonyl (C=O) groups excluding carboxylic acids is 3. The zero-order chi connectivity index (χ0) is 22.7. The van der Waals surface area contributed by atoms with Gasteiger partial charge in [0.2, 0.25) is 17.7 Å². The van der Waals surface area contributed by atoms with Crippen molar-refractivity contribution in [3.05, 3.63) is 23.8 Å². The standard InChI is InChI=1S/C27H35N3O3/c1-17-10-21(6-7-22(17)29-8-3-5-24(29)31)28-25(32)23-4-2-9-30(23)26(33)27-14-18-11-19(15-27)13-20(12-18)16-27/h6-7,10,18-20,23H,2-5,8-9,11-16H2,1H3,(H,28,32)/t18?,19?,20?,23-,27?/m0/s1. The largest absolute Gasteiger partial charge is 0.330 e. The third-order valence-corrected chi connectivity index (χ3v) is 9.14. The van der Waals surface area contributed by atoms with E-state index in [-0.39, 0.29) is 29.2 Å². The summed E-state index contributed by atoms with van der Waals surface area (Å²) in [5, 5.41) is 3.08. The normalized spacial score (nSPS) is 34.9. The molecule has 4 aliphatic carbocycles. The van der Waals surface area contributed by atoms with Crippen LogP contribution >= 0.6 is 0 Å². The molecule has 7 rings (SSSR count). The van der Waals surface area contributed by atoms with Crippen molar-refractivity contribution in [3.63, 3.8) is 0 Å². The summed E-state index contributed by atoms with van der Waals surface area (Å²) in [6.45, 7) is 3.44. The fraction of sp³-hybridized carbons (Fsp3) is 0.667. The van der Waals surface area contributed by atoms with Gasteiger partial charge in [0, 0.05) is 30.9 Å². The van der Waals surface area contributed by atoms with Crippen LogP contribution in [0.1, 0.15) is 69.8 Å². The highest BCUT2D eigenvalue weighted by atomic mass is 16.2. The van der Waals surface area contributed by atoms with E-state index in [1.807, 2.05) is 34.9 Å². The Bertz CT molecular complexity index is 967. The molecule has 1 atom stereocenters. The van der Waals surface area contributed by atoms with Crippen molar-refractivity contribution in [1.82, 2.24) is 4.90 Å². The van der Waals surface area contributed by atoms with Crippen molar-refractivity contribution in [3.8, 4) is 0 Å². The third-order valence-electron chi connectivity index (χ3n) is 9.14. The average molecular weight is 450 g/mol. The molecule has 1 aromatic rings. The molecule has 6 aliphatic rings. The molecule has 2 aliphatic heterocycles. The van der Waals surface area contributed by atoms with E-state index in [1.165, 1.54) is 19.3 Å². The van der Waals surface area contributed by atoms with E-state index in [4.69, 9.17) is 0 Å². The molecule has 2 saturated heterocycles. The second-order valence-electron chi connectivity index (χ2n) is 11.5. The van der Waals surface area contributed by atoms with E-state index in [9.17, 15) is 14.4 Å². The molecule has 0 aromatic heterocycles. The van der Waals surface area contributed by atoms with Gasteiger partial charge in [0.1, 0.15) is 6.04 Å². The highest BCUT2D eigenvalue weighted by Gasteiger charge is 2.56. The Labute approximate surface area is 196 Å². The van der Waals surface area contributed by atoms with Crippen LogP contribution in [0.4, 0.5) is 11.4 Å². The summed E-state index contributed by atoms with van der Waals surface area (Å²) in [5.74, 6) is 2.52. The van der Waals surface area contributed by atoms with Crippen molar-refractivity contribution in [2.24, 2.45) is 23.2 Å². The SMILES string of the molecule is Cc1cc(NC(=O)[C@@H]2CCCN2C(=O)C23CC4CC(CC(C4)C2)C3)ccc1N1CCCC1=O. The van der Waals surface area contributed by atoms with Crippen LogP contribution in [0.15, 0.2) is 18.2 Å². The van der Waals surface area contributed by atoms with Gasteiger partial charge < -0.3 is 15.1 Å². The first-order valence-corrected chi connectivity index (χ1v) is 12.9. The molecule has 6 heteroatoms. The molecule has 0 spiro atoms. The number of nitrogens with zero attached hydrogens (tertiary/aromatic N) is 2. The van der Waals surface area contributed by atoms with Crippen molar-refractivity contribution < 1.29 is 14.4 Å². The first kappa shape index (κ1) is 21.2. The van der Waals surface area contributed by atoms with Crippen LogP contribution in [0.3, 0.4) is 0 Å². The molecule has 4 saturated carbocycles. The van der Waals surface area contributed by atoms with Crippen molar-refractivity contribution >= 4 is 29.1 Å². The molecule has 2 heterocycles. The maximum absolute atomic E-state index is 13.9. The zero-order valence-corrected chi connectivity index (χ0v) is 19.6. The van der Waals surface area contributed by atoms with Gasteiger partial charge >= 0.3 is 0 Å². The molecule has 33 heavy (non-hydrogen) atoms. The summed E-state index contributed by atoms with van der Waals surface area (Å²) in [6, 6.07) is 5.39. The van der Waals surface area contributed by atoms with E-state index < -0.39 is 0 Å². The van der Waals surface area contributed by atoms with Gasteiger partial charge in [-0.1, -0.05) is 0 Å². The molecular formula is C27H35N3O3. The molecule has 6 fully saturated rings. The van der Waals surface area contributed by atoms with Gasteiger partial charge in [0.05, 0.1) is 5.41 Å². The lowest BCUT2D eigenvalue weighted by Crippen LogP contribution is -2.56. The molecule has 3 amide bonds.